The van der Waals surface area contributed by atoms with Crippen molar-refractivity contribution in [2.45, 2.75) is 55.2 Å². The summed E-state index contributed by atoms with van der Waals surface area (Å²) in [6.45, 7) is 5.68. The molecule has 1 aromatic carbocycles. The molecule has 4 nitrogen and oxygen atoms in total. The highest BCUT2D eigenvalue weighted by Gasteiger charge is 2.70. The van der Waals surface area contributed by atoms with Gasteiger partial charge in [-0.3, -0.25) is 0 Å². The van der Waals surface area contributed by atoms with Crippen molar-refractivity contribution in [1.29, 1.82) is 0 Å². The van der Waals surface area contributed by atoms with Crippen molar-refractivity contribution in [3.63, 3.8) is 0 Å². The summed E-state index contributed by atoms with van der Waals surface area (Å²) in [6.07, 6.45) is 4.11. The molecule has 1 saturated heterocycles. The Kier molecular flexibility index (Phi) is 3.47. The number of fused-ring (bicyclic) bond motifs is 1. The maximum atomic E-state index is 12.9. The summed E-state index contributed by atoms with van der Waals surface area (Å²) >= 11 is 0. The second kappa shape index (κ2) is 4.93. The quantitative estimate of drug-likeness (QED) is 0.685. The Balaban J connectivity index is 1.99. The van der Waals surface area contributed by atoms with Gasteiger partial charge in [0.1, 0.15) is 0 Å². The van der Waals surface area contributed by atoms with E-state index in [-0.39, 0.29) is 6.04 Å². The first-order chi connectivity index (χ1) is 9.93. The molecule has 0 bridgehead atoms. The van der Waals surface area contributed by atoms with Crippen LogP contribution in [0.2, 0.25) is 0 Å². The maximum Gasteiger partial charge on any atom is 0.244 e. The lowest BCUT2D eigenvalue weighted by molar-refractivity contribution is 0.133. The number of hydrogen-bond acceptors (Lipinski definition) is 3. The zero-order valence-electron chi connectivity index (χ0n) is 12.2. The average molecular weight is 307 g/mol. The van der Waals surface area contributed by atoms with Gasteiger partial charge in [0.25, 0.3) is 0 Å². The largest absolute Gasteiger partial charge is 0.391 e. The molecule has 0 spiro atoms. The van der Waals surface area contributed by atoms with Gasteiger partial charge >= 0.3 is 0 Å². The third-order valence-electron chi connectivity index (χ3n) is 4.72. The molecule has 1 heterocycles. The lowest BCUT2D eigenvalue weighted by Gasteiger charge is -2.21. The zero-order chi connectivity index (χ0) is 15.3. The third kappa shape index (κ3) is 2.15. The van der Waals surface area contributed by atoms with Gasteiger partial charge in [-0.1, -0.05) is 23.8 Å². The van der Waals surface area contributed by atoms with Gasteiger partial charge in [0.05, 0.1) is 22.6 Å². The molecule has 5 heteroatoms. The van der Waals surface area contributed by atoms with E-state index >= 15 is 0 Å². The Hall–Kier alpha value is -1.17. The van der Waals surface area contributed by atoms with Crippen molar-refractivity contribution in [3.05, 3.63) is 42.5 Å². The fourth-order valence-corrected chi connectivity index (χ4v) is 5.74. The van der Waals surface area contributed by atoms with Crippen molar-refractivity contribution in [3.8, 4) is 0 Å². The van der Waals surface area contributed by atoms with Crippen LogP contribution >= 0.6 is 0 Å². The smallest absolute Gasteiger partial charge is 0.244 e. The predicted molar refractivity (Wildman–Crippen MR) is 81.4 cm³/mol. The second-order valence-corrected chi connectivity index (χ2v) is 7.93. The lowest BCUT2D eigenvalue weighted by atomic mass is 9.85. The minimum absolute atomic E-state index is 0.296. The fraction of sp³-hybridized carbons (Fsp3) is 0.500. The molecule has 4 atom stereocenters. The standard InChI is InChI=1S/C16H21NO3S/c1-3-10-16-11-4-5-14(18)15(16)17(16)21(19,20)13-8-6-12(2)7-9-13/h3,6-9,14-15,18H,1,4-5,10-11H2,2H3/t14-,15-,16+,17?/m1/s1. The van der Waals surface area contributed by atoms with E-state index in [1.165, 1.54) is 4.31 Å². The third-order valence-corrected chi connectivity index (χ3v) is 6.70. The molecule has 3 rings (SSSR count). The molecule has 1 aliphatic heterocycles. The molecular formula is C16H21NO3S. The van der Waals surface area contributed by atoms with Crippen LogP contribution < -0.4 is 0 Å². The number of aliphatic hydroxyl groups excluding tert-OH is 1. The molecule has 2 aliphatic rings. The molecule has 1 unspecified atom stereocenters. The Morgan fingerprint density at radius 1 is 1.43 bits per heavy atom. The summed E-state index contributed by atoms with van der Waals surface area (Å²) in [7, 11) is -3.55. The van der Waals surface area contributed by atoms with Crippen LogP contribution in [0.25, 0.3) is 0 Å². The molecule has 2 fully saturated rings. The van der Waals surface area contributed by atoms with E-state index < -0.39 is 21.7 Å². The highest BCUT2D eigenvalue weighted by molar-refractivity contribution is 7.89. The summed E-state index contributed by atoms with van der Waals surface area (Å²) in [5.41, 5.74) is 0.571. The van der Waals surface area contributed by atoms with Crippen LogP contribution in [0.5, 0.6) is 0 Å². The summed E-state index contributed by atoms with van der Waals surface area (Å²) < 4.78 is 27.3. The first-order valence-corrected chi connectivity index (χ1v) is 8.78. The number of aliphatic hydroxyl groups is 1. The van der Waals surface area contributed by atoms with Crippen molar-refractivity contribution in [2.24, 2.45) is 0 Å². The SMILES string of the molecule is C=CC[C@]12CCC[C@@H](O)[C@H]1N2S(=O)(=O)c1ccc(C)cc1. The van der Waals surface area contributed by atoms with Crippen LogP contribution in [0, 0.1) is 6.92 Å². The van der Waals surface area contributed by atoms with E-state index in [1.54, 1.807) is 30.3 Å². The van der Waals surface area contributed by atoms with Crippen molar-refractivity contribution < 1.29 is 13.5 Å². The Bertz CT molecular complexity index is 653. The summed E-state index contributed by atoms with van der Waals surface area (Å²) in [6, 6.07) is 6.59. The van der Waals surface area contributed by atoms with E-state index in [0.29, 0.717) is 17.7 Å². The van der Waals surface area contributed by atoms with Gasteiger partial charge in [-0.25, -0.2) is 8.42 Å². The summed E-state index contributed by atoms with van der Waals surface area (Å²) in [5.74, 6) is 0. The highest BCUT2D eigenvalue weighted by atomic mass is 32.2. The van der Waals surface area contributed by atoms with Crippen molar-refractivity contribution >= 4 is 10.0 Å². The normalized spacial score (nSPS) is 35.0. The number of benzene rings is 1. The minimum Gasteiger partial charge on any atom is -0.391 e. The van der Waals surface area contributed by atoms with E-state index in [2.05, 4.69) is 6.58 Å². The van der Waals surface area contributed by atoms with Gasteiger partial charge in [0.2, 0.25) is 10.0 Å². The molecule has 1 N–H and O–H groups in total. The van der Waals surface area contributed by atoms with Crippen LogP contribution in [0.3, 0.4) is 0 Å². The predicted octanol–water partition coefficient (Wildman–Crippen LogP) is 2.23. The van der Waals surface area contributed by atoms with Crippen LogP contribution in [0.1, 0.15) is 31.2 Å². The summed E-state index contributed by atoms with van der Waals surface area (Å²) in [4.78, 5) is 0.304. The summed E-state index contributed by atoms with van der Waals surface area (Å²) in [5, 5.41) is 10.2. The Morgan fingerprint density at radius 3 is 2.71 bits per heavy atom. The molecule has 0 aromatic heterocycles. The molecule has 1 aliphatic carbocycles. The first kappa shape index (κ1) is 14.8. The van der Waals surface area contributed by atoms with Gasteiger partial charge < -0.3 is 5.11 Å². The maximum absolute atomic E-state index is 12.9. The molecule has 21 heavy (non-hydrogen) atoms. The first-order valence-electron chi connectivity index (χ1n) is 7.34. The molecule has 0 amide bonds. The van der Waals surface area contributed by atoms with Gasteiger partial charge in [0, 0.05) is 0 Å². The van der Waals surface area contributed by atoms with Gasteiger partial charge in [0.15, 0.2) is 0 Å². The Labute approximate surface area is 126 Å². The molecular weight excluding hydrogens is 286 g/mol. The molecule has 1 saturated carbocycles. The number of nitrogens with zero attached hydrogens (tertiary/aromatic N) is 1. The van der Waals surface area contributed by atoms with E-state index in [9.17, 15) is 13.5 Å². The zero-order valence-corrected chi connectivity index (χ0v) is 13.0. The molecule has 114 valence electrons. The number of sulfonamides is 1. The minimum atomic E-state index is -3.55. The fourth-order valence-electron chi connectivity index (χ4n) is 3.69. The van der Waals surface area contributed by atoms with Crippen molar-refractivity contribution in [2.75, 3.05) is 0 Å². The van der Waals surface area contributed by atoms with Crippen LogP contribution in [0.4, 0.5) is 0 Å². The van der Waals surface area contributed by atoms with Gasteiger partial charge in [-0.2, -0.15) is 4.31 Å². The van der Waals surface area contributed by atoms with Gasteiger partial charge in [-0.05, 0) is 44.7 Å². The lowest BCUT2D eigenvalue weighted by Crippen LogP contribution is -2.29. The number of rotatable bonds is 4. The average Bonchev–Trinajstić information content (AvgIpc) is 3.11. The number of hydrogen-bond donors (Lipinski definition) is 1. The highest BCUT2D eigenvalue weighted by Crippen LogP contribution is 2.56. The van der Waals surface area contributed by atoms with Gasteiger partial charge in [-0.15, -0.1) is 6.58 Å². The Morgan fingerprint density at radius 2 is 2.10 bits per heavy atom. The monoisotopic (exact) mass is 307 g/mol. The molecule has 1 aromatic rings. The van der Waals surface area contributed by atoms with Crippen LogP contribution in [-0.2, 0) is 10.0 Å². The van der Waals surface area contributed by atoms with E-state index in [4.69, 9.17) is 0 Å². The van der Waals surface area contributed by atoms with E-state index in [0.717, 1.165) is 18.4 Å². The topological polar surface area (TPSA) is 57.4 Å². The second-order valence-electron chi connectivity index (χ2n) is 6.11. The van der Waals surface area contributed by atoms with Crippen LogP contribution in [-0.4, -0.2) is 35.5 Å². The van der Waals surface area contributed by atoms with E-state index in [1.807, 2.05) is 6.92 Å². The van der Waals surface area contributed by atoms with Crippen molar-refractivity contribution in [1.82, 2.24) is 4.31 Å². The number of aryl methyl sites for hydroxylation is 1. The van der Waals surface area contributed by atoms with Crippen LogP contribution in [0.15, 0.2) is 41.8 Å². The molecule has 0 radical (unpaired) electrons.